The van der Waals surface area contributed by atoms with Gasteiger partial charge in [0, 0.05) is 23.0 Å². The minimum Gasteiger partial charge on any atom is -0.332 e. The molecule has 0 fully saturated rings. The largest absolute Gasteiger partial charge is 0.332 e. The summed E-state index contributed by atoms with van der Waals surface area (Å²) in [5.74, 6) is 0.922. The molecular formula is C17H14N6OS. The minimum absolute atomic E-state index is 0.402. The van der Waals surface area contributed by atoms with Crippen LogP contribution in [0.3, 0.4) is 0 Å². The Hall–Kier alpha value is -3.00. The number of hydrogen-bond donors (Lipinski definition) is 0. The van der Waals surface area contributed by atoms with E-state index < -0.39 is 0 Å². The first-order valence-electron chi connectivity index (χ1n) is 7.84. The van der Waals surface area contributed by atoms with Gasteiger partial charge in [-0.1, -0.05) is 11.2 Å². The third-order valence-corrected chi connectivity index (χ3v) is 5.07. The van der Waals surface area contributed by atoms with Crippen molar-refractivity contribution < 1.29 is 4.52 Å². The quantitative estimate of drug-likeness (QED) is 0.485. The first-order valence-corrected chi connectivity index (χ1v) is 8.66. The van der Waals surface area contributed by atoms with E-state index in [-0.39, 0.29) is 0 Å². The molecule has 5 aromatic rings. The summed E-state index contributed by atoms with van der Waals surface area (Å²) in [6.07, 6.45) is 3.95. The summed E-state index contributed by atoms with van der Waals surface area (Å²) >= 11 is 1.64. The molecule has 5 aromatic heterocycles. The lowest BCUT2D eigenvalue weighted by Gasteiger charge is -1.95. The highest BCUT2D eigenvalue weighted by Crippen LogP contribution is 2.28. The van der Waals surface area contributed by atoms with Crippen molar-refractivity contribution >= 4 is 21.9 Å². The molecule has 0 atom stereocenters. The number of aryl methyl sites for hydroxylation is 3. The Morgan fingerprint density at radius 1 is 1.00 bits per heavy atom. The van der Waals surface area contributed by atoms with Gasteiger partial charge in [-0.05, 0) is 32.9 Å². The average Bonchev–Trinajstić information content (AvgIpc) is 3.29. The summed E-state index contributed by atoms with van der Waals surface area (Å²) in [4.78, 5) is 15.8. The van der Waals surface area contributed by atoms with Gasteiger partial charge in [0.05, 0.1) is 5.69 Å². The van der Waals surface area contributed by atoms with Crippen molar-refractivity contribution in [3.8, 4) is 23.1 Å². The molecule has 0 saturated carbocycles. The van der Waals surface area contributed by atoms with E-state index in [0.29, 0.717) is 17.4 Å². The molecule has 25 heavy (non-hydrogen) atoms. The number of thiazole rings is 1. The molecule has 0 bridgehead atoms. The van der Waals surface area contributed by atoms with Crippen LogP contribution in [0.5, 0.6) is 0 Å². The molecule has 124 valence electrons. The highest BCUT2D eigenvalue weighted by molar-refractivity contribution is 7.17. The summed E-state index contributed by atoms with van der Waals surface area (Å²) in [5, 5.41) is 4.16. The van der Waals surface area contributed by atoms with Crippen LogP contribution in [-0.2, 0) is 0 Å². The smallest absolute Gasteiger partial charge is 0.278 e. The van der Waals surface area contributed by atoms with Crippen LogP contribution in [0.15, 0.2) is 35.1 Å². The molecule has 0 spiro atoms. The van der Waals surface area contributed by atoms with Gasteiger partial charge < -0.3 is 8.92 Å². The van der Waals surface area contributed by atoms with Crippen molar-refractivity contribution in [3.05, 3.63) is 46.9 Å². The number of imidazole rings is 2. The molecule has 0 N–H and O–H groups in total. The number of fused-ring (bicyclic) bond motifs is 2. The number of nitrogens with zero attached hydrogens (tertiary/aromatic N) is 6. The van der Waals surface area contributed by atoms with Crippen LogP contribution in [0.2, 0.25) is 0 Å². The molecule has 0 aromatic carbocycles. The Kier molecular flexibility index (Phi) is 2.87. The van der Waals surface area contributed by atoms with Crippen molar-refractivity contribution in [3.63, 3.8) is 0 Å². The fourth-order valence-electron chi connectivity index (χ4n) is 3.01. The first kappa shape index (κ1) is 14.4. The van der Waals surface area contributed by atoms with E-state index in [0.717, 1.165) is 27.7 Å². The predicted octanol–water partition coefficient (Wildman–Crippen LogP) is 3.69. The van der Waals surface area contributed by atoms with Gasteiger partial charge in [-0.25, -0.2) is 9.97 Å². The lowest BCUT2D eigenvalue weighted by Crippen LogP contribution is -1.89. The van der Waals surface area contributed by atoms with Crippen LogP contribution in [0.4, 0.5) is 0 Å². The summed E-state index contributed by atoms with van der Waals surface area (Å²) in [5.41, 5.74) is 4.34. The Morgan fingerprint density at radius 3 is 2.72 bits per heavy atom. The normalized spacial score (nSPS) is 11.8. The molecule has 5 heterocycles. The molecule has 0 aliphatic rings. The van der Waals surface area contributed by atoms with Crippen LogP contribution in [-0.4, -0.2) is 28.9 Å². The van der Waals surface area contributed by atoms with Gasteiger partial charge in [-0.15, -0.1) is 11.3 Å². The second-order valence-electron chi connectivity index (χ2n) is 5.98. The van der Waals surface area contributed by atoms with Crippen molar-refractivity contribution in [2.75, 3.05) is 0 Å². The van der Waals surface area contributed by atoms with E-state index in [9.17, 15) is 0 Å². The van der Waals surface area contributed by atoms with Gasteiger partial charge in [0.15, 0.2) is 4.96 Å². The topological polar surface area (TPSA) is 73.5 Å². The molecule has 5 rings (SSSR count). The zero-order valence-corrected chi connectivity index (χ0v) is 14.7. The lowest BCUT2D eigenvalue weighted by molar-refractivity contribution is 0.431. The summed E-state index contributed by atoms with van der Waals surface area (Å²) in [7, 11) is 0. The summed E-state index contributed by atoms with van der Waals surface area (Å²) in [6.45, 7) is 6.04. The highest BCUT2D eigenvalue weighted by Gasteiger charge is 2.20. The van der Waals surface area contributed by atoms with Gasteiger partial charge in [0.25, 0.3) is 5.89 Å². The third-order valence-electron chi connectivity index (χ3n) is 4.17. The maximum atomic E-state index is 5.48. The van der Waals surface area contributed by atoms with E-state index in [1.807, 2.05) is 53.2 Å². The summed E-state index contributed by atoms with van der Waals surface area (Å²) < 4.78 is 9.50. The molecule has 0 unspecified atom stereocenters. The molecule has 0 saturated heterocycles. The van der Waals surface area contributed by atoms with Gasteiger partial charge in [0.2, 0.25) is 5.82 Å². The Labute approximate surface area is 146 Å². The van der Waals surface area contributed by atoms with Crippen molar-refractivity contribution in [2.24, 2.45) is 0 Å². The highest BCUT2D eigenvalue weighted by atomic mass is 32.1. The Bertz CT molecular complexity index is 1240. The van der Waals surface area contributed by atoms with Crippen molar-refractivity contribution in [1.29, 1.82) is 0 Å². The number of hydrogen-bond acceptors (Lipinski definition) is 6. The SMILES string of the molecule is Cc1cn2c(-c3noc(-c4cn5c(C)cccc5n4)n3)c(C)nc2s1. The fourth-order valence-corrected chi connectivity index (χ4v) is 3.88. The molecule has 0 aliphatic heterocycles. The van der Waals surface area contributed by atoms with Crippen LogP contribution >= 0.6 is 11.3 Å². The van der Waals surface area contributed by atoms with Gasteiger partial charge >= 0.3 is 0 Å². The van der Waals surface area contributed by atoms with E-state index in [4.69, 9.17) is 4.52 Å². The van der Waals surface area contributed by atoms with E-state index >= 15 is 0 Å². The Morgan fingerprint density at radius 2 is 1.88 bits per heavy atom. The molecule has 0 amide bonds. The van der Waals surface area contributed by atoms with Gasteiger partial charge in [-0.2, -0.15) is 4.98 Å². The molecule has 7 nitrogen and oxygen atoms in total. The van der Waals surface area contributed by atoms with Crippen LogP contribution in [0.25, 0.3) is 33.7 Å². The third kappa shape index (κ3) is 2.11. The Balaban J connectivity index is 1.64. The van der Waals surface area contributed by atoms with Crippen molar-refractivity contribution in [2.45, 2.75) is 20.8 Å². The zero-order chi connectivity index (χ0) is 17.1. The second-order valence-corrected chi connectivity index (χ2v) is 7.20. The number of aromatic nitrogens is 6. The first-order chi connectivity index (χ1) is 12.1. The molecule has 0 aliphatic carbocycles. The fraction of sp³-hybridized carbons (Fsp3) is 0.176. The van der Waals surface area contributed by atoms with Crippen LogP contribution < -0.4 is 0 Å². The maximum Gasteiger partial charge on any atom is 0.278 e. The van der Waals surface area contributed by atoms with E-state index in [1.54, 1.807) is 11.3 Å². The average molecular weight is 350 g/mol. The minimum atomic E-state index is 0.402. The molecular weight excluding hydrogens is 336 g/mol. The molecule has 0 radical (unpaired) electrons. The lowest BCUT2D eigenvalue weighted by atomic mass is 10.3. The van der Waals surface area contributed by atoms with Crippen molar-refractivity contribution in [1.82, 2.24) is 28.9 Å². The monoisotopic (exact) mass is 350 g/mol. The standard InChI is InChI=1S/C17H14N6OS/c1-9-5-4-6-13-19-12(8-22(9)13)16-20-15(21-24-16)14-11(3)18-17-23(14)7-10(2)25-17/h4-8H,1-3H3. The van der Waals surface area contributed by atoms with Crippen LogP contribution in [0.1, 0.15) is 16.3 Å². The summed E-state index contributed by atoms with van der Waals surface area (Å²) in [6, 6.07) is 5.96. The van der Waals surface area contributed by atoms with Crippen LogP contribution in [0, 0.1) is 20.8 Å². The van der Waals surface area contributed by atoms with E-state index in [1.165, 1.54) is 4.88 Å². The number of rotatable bonds is 2. The molecule has 8 heteroatoms. The second kappa shape index (κ2) is 5.00. The number of pyridine rings is 1. The zero-order valence-electron chi connectivity index (χ0n) is 13.9. The maximum absolute atomic E-state index is 5.48. The van der Waals surface area contributed by atoms with Gasteiger partial charge in [0.1, 0.15) is 17.0 Å². The predicted molar refractivity (Wildman–Crippen MR) is 94.8 cm³/mol. The van der Waals surface area contributed by atoms with Gasteiger partial charge in [-0.3, -0.25) is 4.40 Å². The van der Waals surface area contributed by atoms with E-state index in [2.05, 4.69) is 27.0 Å².